The molecule has 3 heterocycles. The molecule has 7 heteroatoms. The number of anilines is 1. The van der Waals surface area contributed by atoms with Crippen molar-refractivity contribution in [2.75, 3.05) is 18.4 Å². The number of rotatable bonds is 5. The van der Waals surface area contributed by atoms with Gasteiger partial charge in [-0.15, -0.1) is 0 Å². The van der Waals surface area contributed by atoms with Crippen LogP contribution in [0.2, 0.25) is 0 Å². The van der Waals surface area contributed by atoms with Crippen LogP contribution in [0.25, 0.3) is 0 Å². The predicted molar refractivity (Wildman–Crippen MR) is 116 cm³/mol. The van der Waals surface area contributed by atoms with Crippen LogP contribution in [0.15, 0.2) is 59.5 Å². The number of furan rings is 1. The van der Waals surface area contributed by atoms with Crippen LogP contribution in [0.1, 0.15) is 34.3 Å². The number of aromatic nitrogens is 1. The second kappa shape index (κ2) is 9.04. The molecule has 1 fully saturated rings. The molecular weight excluding hydrogens is 394 g/mol. The summed E-state index contributed by atoms with van der Waals surface area (Å²) in [6.45, 7) is 5.11. The van der Waals surface area contributed by atoms with E-state index >= 15 is 0 Å². The highest BCUT2D eigenvalue weighted by Crippen LogP contribution is 2.24. The van der Waals surface area contributed by atoms with Gasteiger partial charge in [-0.3, -0.25) is 9.59 Å². The molecule has 2 amide bonds. The number of carbonyl (C=O) groups excluding carboxylic acids is 2. The standard InChI is InChI=1S/C24H25N3O4/c1-16-5-7-21(12-17(16)2)31-22-8-6-20(13-25-22)26-23(28)18-4-3-10-27(14-18)24(29)19-9-11-30-15-19/h5-9,11-13,15,18H,3-4,10,14H2,1-2H3,(H,26,28). The summed E-state index contributed by atoms with van der Waals surface area (Å²) in [5.41, 5.74) is 3.45. The number of pyridine rings is 1. The maximum atomic E-state index is 12.7. The van der Waals surface area contributed by atoms with E-state index in [0.29, 0.717) is 30.2 Å². The molecule has 31 heavy (non-hydrogen) atoms. The van der Waals surface area contributed by atoms with Gasteiger partial charge < -0.3 is 19.4 Å². The lowest BCUT2D eigenvalue weighted by atomic mass is 9.96. The Balaban J connectivity index is 1.34. The lowest BCUT2D eigenvalue weighted by Gasteiger charge is -2.31. The molecule has 1 atom stereocenters. The smallest absolute Gasteiger partial charge is 0.257 e. The molecule has 2 aromatic heterocycles. The average molecular weight is 419 g/mol. The van der Waals surface area contributed by atoms with E-state index in [1.165, 1.54) is 18.1 Å². The van der Waals surface area contributed by atoms with E-state index in [1.807, 2.05) is 32.0 Å². The summed E-state index contributed by atoms with van der Waals surface area (Å²) < 4.78 is 10.8. The first-order chi connectivity index (χ1) is 15.0. The first kappa shape index (κ1) is 20.7. The van der Waals surface area contributed by atoms with Gasteiger partial charge in [0.05, 0.1) is 29.6 Å². The van der Waals surface area contributed by atoms with Crippen LogP contribution in [-0.2, 0) is 4.79 Å². The molecule has 160 valence electrons. The van der Waals surface area contributed by atoms with Crippen LogP contribution in [0.4, 0.5) is 5.69 Å². The van der Waals surface area contributed by atoms with Crippen LogP contribution < -0.4 is 10.1 Å². The molecule has 1 aromatic carbocycles. The van der Waals surface area contributed by atoms with Crippen molar-refractivity contribution in [1.82, 2.24) is 9.88 Å². The maximum absolute atomic E-state index is 12.7. The number of hydrogen-bond donors (Lipinski definition) is 1. The molecule has 1 saturated heterocycles. The van der Waals surface area contributed by atoms with E-state index < -0.39 is 0 Å². The number of benzene rings is 1. The Morgan fingerprint density at radius 2 is 2.03 bits per heavy atom. The Kier molecular flexibility index (Phi) is 6.02. The Morgan fingerprint density at radius 3 is 2.74 bits per heavy atom. The zero-order valence-corrected chi connectivity index (χ0v) is 17.6. The van der Waals surface area contributed by atoms with Crippen LogP contribution in [-0.4, -0.2) is 34.8 Å². The number of aryl methyl sites for hydroxylation is 2. The number of carbonyl (C=O) groups is 2. The number of likely N-dealkylation sites (tertiary alicyclic amines) is 1. The zero-order chi connectivity index (χ0) is 21.8. The van der Waals surface area contributed by atoms with Gasteiger partial charge in [0, 0.05) is 19.2 Å². The van der Waals surface area contributed by atoms with Gasteiger partial charge in [-0.25, -0.2) is 4.98 Å². The molecule has 1 aliphatic rings. The third kappa shape index (κ3) is 4.94. The SMILES string of the molecule is Cc1ccc(Oc2ccc(NC(=O)C3CCCN(C(=O)c4ccoc4)C3)cn2)cc1C. The fourth-order valence-electron chi connectivity index (χ4n) is 3.60. The molecule has 0 radical (unpaired) electrons. The molecule has 0 spiro atoms. The summed E-state index contributed by atoms with van der Waals surface area (Å²) in [5, 5.41) is 2.90. The van der Waals surface area contributed by atoms with Crippen molar-refractivity contribution in [2.45, 2.75) is 26.7 Å². The summed E-state index contributed by atoms with van der Waals surface area (Å²) in [5.74, 6) is 0.680. The molecule has 0 saturated carbocycles. The second-order valence-electron chi connectivity index (χ2n) is 7.82. The Labute approximate surface area is 181 Å². The molecule has 1 aliphatic heterocycles. The lowest BCUT2D eigenvalue weighted by molar-refractivity contribution is -0.121. The van der Waals surface area contributed by atoms with E-state index in [1.54, 1.807) is 29.3 Å². The lowest BCUT2D eigenvalue weighted by Crippen LogP contribution is -2.43. The van der Waals surface area contributed by atoms with E-state index in [9.17, 15) is 9.59 Å². The topological polar surface area (TPSA) is 84.7 Å². The van der Waals surface area contributed by atoms with Gasteiger partial charge in [-0.1, -0.05) is 6.07 Å². The second-order valence-corrected chi connectivity index (χ2v) is 7.82. The summed E-state index contributed by atoms with van der Waals surface area (Å²) in [7, 11) is 0. The highest BCUT2D eigenvalue weighted by atomic mass is 16.5. The summed E-state index contributed by atoms with van der Waals surface area (Å²) >= 11 is 0. The van der Waals surface area contributed by atoms with E-state index in [-0.39, 0.29) is 17.7 Å². The van der Waals surface area contributed by atoms with Gasteiger partial charge in [0.1, 0.15) is 12.0 Å². The highest BCUT2D eigenvalue weighted by Gasteiger charge is 2.29. The first-order valence-electron chi connectivity index (χ1n) is 10.3. The molecule has 0 aliphatic carbocycles. The van der Waals surface area contributed by atoms with Crippen LogP contribution in [0.5, 0.6) is 11.6 Å². The number of ether oxygens (including phenoxy) is 1. The summed E-state index contributed by atoms with van der Waals surface area (Å²) in [4.78, 5) is 31.3. The molecule has 1 N–H and O–H groups in total. The Morgan fingerprint density at radius 1 is 1.16 bits per heavy atom. The predicted octanol–water partition coefficient (Wildman–Crippen LogP) is 4.57. The molecule has 3 aromatic rings. The minimum Gasteiger partial charge on any atom is -0.472 e. The zero-order valence-electron chi connectivity index (χ0n) is 17.6. The maximum Gasteiger partial charge on any atom is 0.257 e. The number of hydrogen-bond acceptors (Lipinski definition) is 5. The number of amides is 2. The van der Waals surface area contributed by atoms with E-state index in [4.69, 9.17) is 9.15 Å². The Hall–Kier alpha value is -3.61. The quantitative estimate of drug-likeness (QED) is 0.655. The minimum absolute atomic E-state index is 0.110. The third-order valence-corrected chi connectivity index (χ3v) is 5.55. The van der Waals surface area contributed by atoms with Gasteiger partial charge in [-0.2, -0.15) is 0 Å². The minimum atomic E-state index is -0.268. The average Bonchev–Trinajstić information content (AvgIpc) is 3.32. The van der Waals surface area contributed by atoms with Crippen molar-refractivity contribution < 1.29 is 18.7 Å². The van der Waals surface area contributed by atoms with Crippen molar-refractivity contribution in [2.24, 2.45) is 5.92 Å². The van der Waals surface area contributed by atoms with Gasteiger partial charge >= 0.3 is 0 Å². The summed E-state index contributed by atoms with van der Waals surface area (Å²) in [6, 6.07) is 11.0. The summed E-state index contributed by atoms with van der Waals surface area (Å²) in [6.07, 6.45) is 6.00. The van der Waals surface area contributed by atoms with Gasteiger partial charge in [0.25, 0.3) is 5.91 Å². The van der Waals surface area contributed by atoms with Crippen LogP contribution in [0, 0.1) is 19.8 Å². The number of piperidine rings is 1. The van der Waals surface area contributed by atoms with Gasteiger partial charge in [0.15, 0.2) is 0 Å². The van der Waals surface area contributed by atoms with Crippen molar-refractivity contribution in [3.05, 3.63) is 71.8 Å². The normalized spacial score (nSPS) is 16.1. The van der Waals surface area contributed by atoms with Gasteiger partial charge in [-0.05, 0) is 62.1 Å². The largest absolute Gasteiger partial charge is 0.472 e. The Bertz CT molecular complexity index is 1060. The molecule has 0 bridgehead atoms. The van der Waals surface area contributed by atoms with Crippen molar-refractivity contribution in [3.63, 3.8) is 0 Å². The molecule has 4 rings (SSSR count). The van der Waals surface area contributed by atoms with Crippen molar-refractivity contribution in [3.8, 4) is 11.6 Å². The molecule has 7 nitrogen and oxygen atoms in total. The van der Waals surface area contributed by atoms with Crippen LogP contribution in [0.3, 0.4) is 0 Å². The van der Waals surface area contributed by atoms with Gasteiger partial charge in [0.2, 0.25) is 11.8 Å². The number of nitrogens with one attached hydrogen (secondary N) is 1. The van der Waals surface area contributed by atoms with E-state index in [0.717, 1.165) is 24.2 Å². The highest BCUT2D eigenvalue weighted by molar-refractivity contribution is 5.96. The van der Waals surface area contributed by atoms with Crippen molar-refractivity contribution >= 4 is 17.5 Å². The fraction of sp³-hybridized carbons (Fsp3) is 0.292. The van der Waals surface area contributed by atoms with Crippen molar-refractivity contribution in [1.29, 1.82) is 0 Å². The fourth-order valence-corrected chi connectivity index (χ4v) is 3.60. The number of nitrogens with zero attached hydrogens (tertiary/aromatic N) is 2. The van der Waals surface area contributed by atoms with E-state index in [2.05, 4.69) is 10.3 Å². The van der Waals surface area contributed by atoms with Crippen LogP contribution >= 0.6 is 0 Å². The molecular formula is C24H25N3O4. The molecule has 1 unspecified atom stereocenters. The monoisotopic (exact) mass is 419 g/mol. The third-order valence-electron chi connectivity index (χ3n) is 5.55. The first-order valence-corrected chi connectivity index (χ1v) is 10.3.